The van der Waals surface area contributed by atoms with Crippen LogP contribution in [0.2, 0.25) is 0 Å². The molecule has 0 bridgehead atoms. The van der Waals surface area contributed by atoms with Gasteiger partial charge in [-0.05, 0) is 63.5 Å². The number of hydrogen-bond acceptors (Lipinski definition) is 2. The Morgan fingerprint density at radius 2 is 1.95 bits per heavy atom. The quantitative estimate of drug-likeness (QED) is 0.881. The van der Waals surface area contributed by atoms with Gasteiger partial charge in [0.2, 0.25) is 0 Å². The highest BCUT2D eigenvalue weighted by Gasteiger charge is 2.41. The van der Waals surface area contributed by atoms with Gasteiger partial charge in [-0.15, -0.1) is 0 Å². The lowest BCUT2D eigenvalue weighted by Gasteiger charge is -2.42. The number of benzene rings is 1. The maximum atomic E-state index is 10.9. The predicted molar refractivity (Wildman–Crippen MR) is 87.6 cm³/mol. The van der Waals surface area contributed by atoms with Gasteiger partial charge in [-0.2, -0.15) is 0 Å². The number of hydrogen-bond donors (Lipinski definition) is 1. The van der Waals surface area contributed by atoms with Gasteiger partial charge in [0.25, 0.3) is 0 Å². The normalized spacial score (nSPS) is 27.6. The molecule has 21 heavy (non-hydrogen) atoms. The molecule has 1 aliphatic rings. The Hall–Kier alpha value is -0.860. The van der Waals surface area contributed by atoms with Gasteiger partial charge in [0, 0.05) is 13.0 Å². The van der Waals surface area contributed by atoms with E-state index >= 15 is 0 Å². The lowest BCUT2D eigenvalue weighted by atomic mass is 9.74. The molecule has 1 aromatic carbocycles. The maximum Gasteiger partial charge on any atom is 0.0943 e. The van der Waals surface area contributed by atoms with Crippen molar-refractivity contribution in [1.29, 1.82) is 0 Å². The number of ether oxygens (including phenoxy) is 1. The SMILES string of the molecule is CCOC1(C(O)Cc2cc(C)ccc2C)CCC(C)CC1. The van der Waals surface area contributed by atoms with Crippen molar-refractivity contribution in [3.05, 3.63) is 34.9 Å². The summed E-state index contributed by atoms with van der Waals surface area (Å²) in [5.41, 5.74) is 3.43. The Labute approximate surface area is 129 Å². The second kappa shape index (κ2) is 6.93. The summed E-state index contributed by atoms with van der Waals surface area (Å²) in [4.78, 5) is 0. The number of aryl methyl sites for hydroxylation is 2. The monoisotopic (exact) mass is 290 g/mol. The molecule has 2 nitrogen and oxygen atoms in total. The van der Waals surface area contributed by atoms with Crippen molar-refractivity contribution >= 4 is 0 Å². The molecule has 0 radical (unpaired) electrons. The molecular weight excluding hydrogens is 260 g/mol. The highest BCUT2D eigenvalue weighted by molar-refractivity contribution is 5.31. The maximum absolute atomic E-state index is 10.9. The first-order valence-electron chi connectivity index (χ1n) is 8.35. The third kappa shape index (κ3) is 3.87. The lowest BCUT2D eigenvalue weighted by Crippen LogP contribution is -2.48. The average Bonchev–Trinajstić information content (AvgIpc) is 2.46. The molecule has 0 spiro atoms. The fourth-order valence-electron chi connectivity index (χ4n) is 3.53. The van der Waals surface area contributed by atoms with Crippen molar-refractivity contribution in [2.75, 3.05) is 6.61 Å². The minimum Gasteiger partial charge on any atom is -0.390 e. The summed E-state index contributed by atoms with van der Waals surface area (Å²) in [5, 5.41) is 10.9. The van der Waals surface area contributed by atoms with Crippen molar-refractivity contribution in [3.8, 4) is 0 Å². The Bertz CT molecular complexity index is 459. The molecule has 0 heterocycles. The zero-order valence-electron chi connectivity index (χ0n) is 14.0. The third-order valence-corrected chi connectivity index (χ3v) is 5.08. The van der Waals surface area contributed by atoms with Crippen LogP contribution in [-0.2, 0) is 11.2 Å². The number of rotatable bonds is 5. The zero-order valence-corrected chi connectivity index (χ0v) is 14.0. The van der Waals surface area contributed by atoms with Crippen LogP contribution in [0.25, 0.3) is 0 Å². The van der Waals surface area contributed by atoms with Crippen molar-refractivity contribution in [1.82, 2.24) is 0 Å². The van der Waals surface area contributed by atoms with E-state index in [1.54, 1.807) is 0 Å². The van der Waals surface area contributed by atoms with E-state index < -0.39 is 6.10 Å². The average molecular weight is 290 g/mol. The van der Waals surface area contributed by atoms with Crippen LogP contribution >= 0.6 is 0 Å². The molecular formula is C19H30O2. The highest BCUT2D eigenvalue weighted by atomic mass is 16.5. The van der Waals surface area contributed by atoms with Crippen LogP contribution in [-0.4, -0.2) is 23.4 Å². The molecule has 0 amide bonds. The number of aliphatic hydroxyl groups is 1. The van der Waals surface area contributed by atoms with Crippen LogP contribution in [0.4, 0.5) is 0 Å². The number of aliphatic hydroxyl groups excluding tert-OH is 1. The molecule has 1 atom stereocenters. The van der Waals surface area contributed by atoms with Gasteiger partial charge in [0.05, 0.1) is 11.7 Å². The molecule has 118 valence electrons. The van der Waals surface area contributed by atoms with Gasteiger partial charge in [-0.1, -0.05) is 30.7 Å². The van der Waals surface area contributed by atoms with E-state index in [0.29, 0.717) is 13.0 Å². The summed E-state index contributed by atoms with van der Waals surface area (Å²) in [6, 6.07) is 6.48. The van der Waals surface area contributed by atoms with Gasteiger partial charge >= 0.3 is 0 Å². The standard InChI is InChI=1S/C19H30O2/c1-5-21-19(10-8-14(2)9-11-19)18(20)13-17-12-15(3)6-7-16(17)4/h6-7,12,14,18,20H,5,8-11,13H2,1-4H3. The summed E-state index contributed by atoms with van der Waals surface area (Å²) in [6.45, 7) is 9.24. The van der Waals surface area contributed by atoms with Crippen LogP contribution in [0.3, 0.4) is 0 Å². The van der Waals surface area contributed by atoms with Crippen molar-refractivity contribution in [2.24, 2.45) is 5.92 Å². The smallest absolute Gasteiger partial charge is 0.0943 e. The van der Waals surface area contributed by atoms with Crippen molar-refractivity contribution in [3.63, 3.8) is 0 Å². The summed E-state index contributed by atoms with van der Waals surface area (Å²) >= 11 is 0. The topological polar surface area (TPSA) is 29.5 Å². The van der Waals surface area contributed by atoms with E-state index in [1.165, 1.54) is 16.7 Å². The molecule has 2 heteroatoms. The van der Waals surface area contributed by atoms with Gasteiger partial charge in [-0.3, -0.25) is 0 Å². The van der Waals surface area contributed by atoms with Crippen LogP contribution in [0.15, 0.2) is 18.2 Å². The summed E-state index contributed by atoms with van der Waals surface area (Å²) in [7, 11) is 0. The Kier molecular flexibility index (Phi) is 5.45. The first-order chi connectivity index (χ1) is 9.97. The van der Waals surface area contributed by atoms with E-state index in [0.717, 1.165) is 31.6 Å². The van der Waals surface area contributed by atoms with E-state index in [2.05, 4.69) is 39.0 Å². The first-order valence-corrected chi connectivity index (χ1v) is 8.35. The lowest BCUT2D eigenvalue weighted by molar-refractivity contribution is -0.143. The molecule has 0 aliphatic heterocycles. The molecule has 1 saturated carbocycles. The molecule has 0 aromatic heterocycles. The van der Waals surface area contributed by atoms with Crippen LogP contribution in [0.5, 0.6) is 0 Å². The van der Waals surface area contributed by atoms with Gasteiger partial charge in [-0.25, -0.2) is 0 Å². The summed E-state index contributed by atoms with van der Waals surface area (Å²) in [6.07, 6.45) is 4.56. The van der Waals surface area contributed by atoms with E-state index in [4.69, 9.17) is 4.74 Å². The molecule has 0 saturated heterocycles. The van der Waals surface area contributed by atoms with E-state index in [1.807, 2.05) is 6.92 Å². The Morgan fingerprint density at radius 3 is 2.57 bits per heavy atom. The molecule has 2 rings (SSSR count). The van der Waals surface area contributed by atoms with E-state index in [9.17, 15) is 5.11 Å². The third-order valence-electron chi connectivity index (χ3n) is 5.08. The zero-order chi connectivity index (χ0) is 15.5. The van der Waals surface area contributed by atoms with Crippen LogP contribution in [0.1, 0.15) is 56.2 Å². The highest BCUT2D eigenvalue weighted by Crippen LogP contribution is 2.38. The van der Waals surface area contributed by atoms with Gasteiger partial charge in [0.1, 0.15) is 0 Å². The second-order valence-electron chi connectivity index (χ2n) is 6.83. The van der Waals surface area contributed by atoms with Gasteiger partial charge in [0.15, 0.2) is 0 Å². The van der Waals surface area contributed by atoms with Crippen molar-refractivity contribution < 1.29 is 9.84 Å². The first kappa shape index (κ1) is 16.5. The van der Waals surface area contributed by atoms with Crippen LogP contribution in [0, 0.1) is 19.8 Å². The minimum atomic E-state index is -0.412. The second-order valence-corrected chi connectivity index (χ2v) is 6.83. The largest absolute Gasteiger partial charge is 0.390 e. The predicted octanol–water partition coefficient (Wildman–Crippen LogP) is 4.19. The molecule has 1 unspecified atom stereocenters. The molecule has 1 fully saturated rings. The molecule has 1 aliphatic carbocycles. The summed E-state index contributed by atoms with van der Waals surface area (Å²) < 4.78 is 6.07. The van der Waals surface area contributed by atoms with Crippen molar-refractivity contribution in [2.45, 2.75) is 71.5 Å². The molecule has 1 aromatic rings. The Balaban J connectivity index is 2.15. The Morgan fingerprint density at radius 1 is 1.29 bits per heavy atom. The van der Waals surface area contributed by atoms with Gasteiger partial charge < -0.3 is 9.84 Å². The fraction of sp³-hybridized carbons (Fsp3) is 0.684. The molecule has 1 N–H and O–H groups in total. The fourth-order valence-corrected chi connectivity index (χ4v) is 3.53. The van der Waals surface area contributed by atoms with Crippen LogP contribution < -0.4 is 0 Å². The minimum absolute atomic E-state index is 0.336. The van der Waals surface area contributed by atoms with E-state index in [-0.39, 0.29) is 5.60 Å². The summed E-state index contributed by atoms with van der Waals surface area (Å²) in [5.74, 6) is 0.756.